The minimum atomic E-state index is -0.327. The lowest BCUT2D eigenvalue weighted by molar-refractivity contribution is -0.113. The van der Waals surface area contributed by atoms with Gasteiger partial charge >= 0.3 is 0 Å². The van der Waals surface area contributed by atoms with Gasteiger partial charge in [-0.3, -0.25) is 14.2 Å². The molecule has 1 aliphatic carbocycles. The number of carbonyl (C=O) groups is 1. The number of carbonyl (C=O) groups excluding carboxylic acids is 1. The molecule has 0 saturated carbocycles. The number of aromatic nitrogens is 2. The van der Waals surface area contributed by atoms with Crippen LogP contribution < -0.4 is 10.9 Å². The summed E-state index contributed by atoms with van der Waals surface area (Å²) >= 11 is 1.12. The maximum atomic E-state index is 13.0. The van der Waals surface area contributed by atoms with E-state index in [0.717, 1.165) is 35.7 Å². The molecule has 1 heterocycles. The minimum Gasteiger partial charge on any atom is -0.493 e. The lowest BCUT2D eigenvalue weighted by atomic mass is 10.0. The van der Waals surface area contributed by atoms with E-state index in [-0.39, 0.29) is 33.8 Å². The Morgan fingerprint density at radius 2 is 1.82 bits per heavy atom. The molecule has 0 atom stereocenters. The maximum Gasteiger partial charge on any atom is 0.265 e. The van der Waals surface area contributed by atoms with Crippen LogP contribution in [0.2, 0.25) is 0 Å². The third kappa shape index (κ3) is 3.89. The number of anilines is 1. The largest absolute Gasteiger partial charge is 0.493 e. The Balaban J connectivity index is 1.42. The molecule has 1 amide bonds. The Bertz CT molecular complexity index is 1420. The zero-order valence-electron chi connectivity index (χ0n) is 18.2. The second-order valence-corrected chi connectivity index (χ2v) is 8.92. The van der Waals surface area contributed by atoms with Gasteiger partial charge in [-0.05, 0) is 54.0 Å². The third-order valence-corrected chi connectivity index (χ3v) is 6.91. The lowest BCUT2D eigenvalue weighted by Gasteiger charge is -2.14. The van der Waals surface area contributed by atoms with E-state index >= 15 is 0 Å². The number of amides is 1. The van der Waals surface area contributed by atoms with Crippen LogP contribution in [-0.2, 0) is 24.1 Å². The Kier molecular flexibility index (Phi) is 5.64. The van der Waals surface area contributed by atoms with Crippen LogP contribution in [0.4, 0.5) is 5.69 Å². The van der Waals surface area contributed by atoms with Gasteiger partial charge in [0.15, 0.2) is 5.16 Å². The van der Waals surface area contributed by atoms with E-state index in [1.165, 1.54) is 21.1 Å². The highest BCUT2D eigenvalue weighted by molar-refractivity contribution is 7.99. The van der Waals surface area contributed by atoms with Crippen LogP contribution in [0.3, 0.4) is 0 Å². The maximum absolute atomic E-state index is 13.0. The van der Waals surface area contributed by atoms with E-state index in [4.69, 9.17) is 0 Å². The highest BCUT2D eigenvalue weighted by atomic mass is 32.2. The summed E-state index contributed by atoms with van der Waals surface area (Å²) in [5.41, 5.74) is 3.97. The van der Waals surface area contributed by atoms with Gasteiger partial charge in [-0.25, -0.2) is 0 Å². The number of aromatic hydroxyl groups is 1. The standard InChI is InChI=1S/C26H23N3O3S/c1-2-19-24(31)28-26(29(25(19)32)18-8-4-3-5-9-18)33-15-22(30)27-21-14-13-17-12-11-16-7-6-10-20(21)23(16)17/h3-10,13-14,31H,2,11-12,15H2,1H3,(H,27,30). The molecule has 0 unspecified atom stereocenters. The molecule has 0 fully saturated rings. The van der Waals surface area contributed by atoms with E-state index in [1.807, 2.05) is 36.4 Å². The summed E-state index contributed by atoms with van der Waals surface area (Å²) in [5.74, 6) is -0.440. The third-order valence-electron chi connectivity index (χ3n) is 5.98. The van der Waals surface area contributed by atoms with Gasteiger partial charge < -0.3 is 10.4 Å². The molecule has 33 heavy (non-hydrogen) atoms. The first-order valence-corrected chi connectivity index (χ1v) is 11.9. The molecule has 7 heteroatoms. The molecule has 6 nitrogen and oxygen atoms in total. The highest BCUT2D eigenvalue weighted by Crippen LogP contribution is 2.35. The average Bonchev–Trinajstić information content (AvgIpc) is 3.25. The number of nitrogens with zero attached hydrogens (tertiary/aromatic N) is 2. The van der Waals surface area contributed by atoms with Crippen molar-refractivity contribution in [3.05, 3.63) is 87.7 Å². The highest BCUT2D eigenvalue weighted by Gasteiger charge is 2.19. The minimum absolute atomic E-state index is 0.0487. The summed E-state index contributed by atoms with van der Waals surface area (Å²) in [6.45, 7) is 1.80. The van der Waals surface area contributed by atoms with E-state index < -0.39 is 0 Å². The van der Waals surface area contributed by atoms with Gasteiger partial charge in [0.1, 0.15) is 0 Å². The van der Waals surface area contributed by atoms with Gasteiger partial charge in [0, 0.05) is 11.1 Å². The van der Waals surface area contributed by atoms with Crippen LogP contribution >= 0.6 is 11.8 Å². The quantitative estimate of drug-likeness (QED) is 0.329. The van der Waals surface area contributed by atoms with Gasteiger partial charge in [-0.1, -0.05) is 61.2 Å². The molecular formula is C26H23N3O3S. The van der Waals surface area contributed by atoms with Crippen molar-refractivity contribution in [2.45, 2.75) is 31.3 Å². The van der Waals surface area contributed by atoms with E-state index in [0.29, 0.717) is 12.1 Å². The van der Waals surface area contributed by atoms with Crippen molar-refractivity contribution in [1.82, 2.24) is 9.55 Å². The molecule has 2 N–H and O–H groups in total. The van der Waals surface area contributed by atoms with Crippen LogP contribution in [0.15, 0.2) is 70.6 Å². The number of rotatable bonds is 6. The van der Waals surface area contributed by atoms with Crippen LogP contribution in [0.25, 0.3) is 16.5 Å². The fourth-order valence-electron chi connectivity index (χ4n) is 4.41. The smallest absolute Gasteiger partial charge is 0.265 e. The van der Waals surface area contributed by atoms with Gasteiger partial charge in [0.2, 0.25) is 11.8 Å². The van der Waals surface area contributed by atoms with E-state index in [9.17, 15) is 14.7 Å². The number of aryl methyl sites for hydroxylation is 2. The second kappa shape index (κ2) is 8.75. The van der Waals surface area contributed by atoms with Gasteiger partial charge in [-0.2, -0.15) is 4.98 Å². The first-order chi connectivity index (χ1) is 16.1. The number of hydrogen-bond donors (Lipinski definition) is 2. The predicted octanol–water partition coefficient (Wildman–Crippen LogP) is 4.48. The van der Waals surface area contributed by atoms with Gasteiger partial charge in [0.05, 0.1) is 17.0 Å². The molecule has 0 radical (unpaired) electrons. The Labute approximate surface area is 195 Å². The van der Waals surface area contributed by atoms with E-state index in [1.54, 1.807) is 19.1 Å². The fraction of sp³-hybridized carbons (Fsp3) is 0.192. The van der Waals surface area contributed by atoms with Gasteiger partial charge in [-0.15, -0.1) is 0 Å². The molecule has 4 aromatic rings. The van der Waals surface area contributed by atoms with Crippen LogP contribution in [0, 0.1) is 0 Å². The fourth-order valence-corrected chi connectivity index (χ4v) is 5.21. The van der Waals surface area contributed by atoms with E-state index in [2.05, 4.69) is 22.4 Å². The number of benzene rings is 3. The summed E-state index contributed by atoms with van der Waals surface area (Å²) in [4.78, 5) is 30.1. The summed E-state index contributed by atoms with van der Waals surface area (Å²) in [5, 5.41) is 15.9. The molecule has 5 rings (SSSR count). The molecule has 1 aromatic heterocycles. The Morgan fingerprint density at radius 1 is 1.06 bits per heavy atom. The van der Waals surface area contributed by atoms with Crippen LogP contribution in [0.1, 0.15) is 23.6 Å². The Hall–Kier alpha value is -3.58. The first kappa shape index (κ1) is 21.3. The van der Waals surface area contributed by atoms with Crippen molar-refractivity contribution in [2.75, 3.05) is 11.1 Å². The monoisotopic (exact) mass is 457 g/mol. The van der Waals surface area contributed by atoms with Crippen molar-refractivity contribution in [3.63, 3.8) is 0 Å². The summed E-state index contributed by atoms with van der Waals surface area (Å²) in [6, 6.07) is 19.4. The molecule has 0 aliphatic heterocycles. The SMILES string of the molecule is CCc1c(O)nc(SCC(=O)Nc2ccc3c4c(cccc24)CC3)n(-c2ccccc2)c1=O. The Morgan fingerprint density at radius 3 is 2.58 bits per heavy atom. The molecule has 0 spiro atoms. The molecule has 3 aromatic carbocycles. The van der Waals surface area contributed by atoms with Crippen molar-refractivity contribution in [1.29, 1.82) is 0 Å². The first-order valence-electron chi connectivity index (χ1n) is 10.9. The van der Waals surface area contributed by atoms with Crippen LogP contribution in [-0.4, -0.2) is 26.3 Å². The molecular weight excluding hydrogens is 434 g/mol. The topological polar surface area (TPSA) is 84.2 Å². The van der Waals surface area contributed by atoms with Gasteiger partial charge in [0.25, 0.3) is 5.56 Å². The summed E-state index contributed by atoms with van der Waals surface area (Å²) in [7, 11) is 0. The second-order valence-electron chi connectivity index (χ2n) is 7.97. The van der Waals surface area contributed by atoms with Crippen LogP contribution in [0.5, 0.6) is 5.88 Å². The zero-order chi connectivity index (χ0) is 22.9. The zero-order valence-corrected chi connectivity index (χ0v) is 19.0. The van der Waals surface area contributed by atoms with Crippen molar-refractivity contribution in [2.24, 2.45) is 0 Å². The molecule has 0 bridgehead atoms. The number of nitrogens with one attached hydrogen (secondary N) is 1. The molecule has 1 aliphatic rings. The lowest BCUT2D eigenvalue weighted by Crippen LogP contribution is -2.25. The number of para-hydroxylation sites is 1. The average molecular weight is 458 g/mol. The number of hydrogen-bond acceptors (Lipinski definition) is 5. The number of thioether (sulfide) groups is 1. The van der Waals surface area contributed by atoms with Crippen molar-refractivity contribution < 1.29 is 9.90 Å². The normalized spacial score (nSPS) is 12.3. The predicted molar refractivity (Wildman–Crippen MR) is 132 cm³/mol. The molecule has 0 saturated heterocycles. The van der Waals surface area contributed by atoms with Crippen molar-refractivity contribution >= 4 is 34.1 Å². The van der Waals surface area contributed by atoms with Crippen molar-refractivity contribution in [3.8, 4) is 11.6 Å². The summed E-state index contributed by atoms with van der Waals surface area (Å²) < 4.78 is 1.45. The summed E-state index contributed by atoms with van der Waals surface area (Å²) in [6.07, 6.45) is 2.42. The molecule has 166 valence electrons.